The summed E-state index contributed by atoms with van der Waals surface area (Å²) in [6.45, 7) is 4.09. The Bertz CT molecular complexity index is 1060. The fourth-order valence-electron chi connectivity index (χ4n) is 2.48. The molecule has 2 heterocycles. The van der Waals surface area contributed by atoms with E-state index < -0.39 is 0 Å². The summed E-state index contributed by atoms with van der Waals surface area (Å²) in [5.74, 6) is 1.66. The summed E-state index contributed by atoms with van der Waals surface area (Å²) < 4.78 is 6.61. The van der Waals surface area contributed by atoms with Crippen LogP contribution in [0, 0.1) is 13.8 Å². The molecule has 0 atom stereocenters. The van der Waals surface area contributed by atoms with Gasteiger partial charge in [0.1, 0.15) is 0 Å². The number of rotatable bonds is 6. The van der Waals surface area contributed by atoms with E-state index >= 15 is 0 Å². The van der Waals surface area contributed by atoms with Crippen molar-refractivity contribution in [1.29, 1.82) is 0 Å². The minimum atomic E-state index is 0.536. The lowest BCUT2D eigenvalue weighted by Gasteiger charge is -2.04. The van der Waals surface area contributed by atoms with Gasteiger partial charge >= 0.3 is 0 Å². The van der Waals surface area contributed by atoms with Crippen LogP contribution >= 0.6 is 23.1 Å². The first-order valence-corrected chi connectivity index (χ1v) is 10.2. The normalized spacial score (nSPS) is 10.9. The largest absolute Gasteiger partial charge is 0.420 e. The van der Waals surface area contributed by atoms with E-state index in [1.54, 1.807) is 0 Å². The van der Waals surface area contributed by atoms with Gasteiger partial charge in [0.2, 0.25) is 16.9 Å². The molecule has 4 rings (SSSR count). The first-order chi connectivity index (χ1) is 13.2. The number of para-hydroxylation sites is 1. The monoisotopic (exact) mass is 395 g/mol. The Kier molecular flexibility index (Phi) is 5.17. The van der Waals surface area contributed by atoms with Crippen molar-refractivity contribution in [3.8, 4) is 11.5 Å². The van der Waals surface area contributed by atoms with E-state index in [0.717, 1.165) is 31.8 Å². The van der Waals surface area contributed by atoms with Gasteiger partial charge in [-0.05, 0) is 37.6 Å². The van der Waals surface area contributed by atoms with Crippen LogP contribution < -0.4 is 5.32 Å². The molecule has 0 bridgehead atoms. The van der Waals surface area contributed by atoms with Crippen LogP contribution in [0.2, 0.25) is 0 Å². The average Bonchev–Trinajstić information content (AvgIpc) is 3.31. The minimum absolute atomic E-state index is 0.536. The van der Waals surface area contributed by atoms with Gasteiger partial charge in [-0.2, -0.15) is 0 Å². The highest BCUT2D eigenvalue weighted by molar-refractivity contribution is 8.00. The number of hydrogen-bond acceptors (Lipinski definition) is 8. The molecule has 8 heteroatoms. The van der Waals surface area contributed by atoms with Gasteiger partial charge in [0.05, 0.1) is 5.75 Å². The third-order valence-corrected chi connectivity index (χ3v) is 5.80. The van der Waals surface area contributed by atoms with Gasteiger partial charge in [0.25, 0.3) is 0 Å². The number of benzene rings is 2. The highest BCUT2D eigenvalue weighted by Gasteiger charge is 2.11. The standard InChI is InChI=1S/C19H17N5OS2/c1-12-6-5-8-14(10-12)17-22-21-16(25-17)11-26-19-24-23-18(27-19)20-15-9-4-3-7-13(15)2/h3-10H,11H2,1-2H3,(H,20,23). The summed E-state index contributed by atoms with van der Waals surface area (Å²) in [6, 6.07) is 16.1. The third kappa shape index (κ3) is 4.35. The maximum Gasteiger partial charge on any atom is 0.247 e. The van der Waals surface area contributed by atoms with Crippen molar-refractivity contribution in [3.63, 3.8) is 0 Å². The molecule has 2 aromatic carbocycles. The van der Waals surface area contributed by atoms with Gasteiger partial charge in [-0.3, -0.25) is 0 Å². The van der Waals surface area contributed by atoms with E-state index in [2.05, 4.69) is 38.7 Å². The lowest BCUT2D eigenvalue weighted by atomic mass is 10.1. The molecule has 0 aliphatic heterocycles. The molecule has 0 aliphatic carbocycles. The summed E-state index contributed by atoms with van der Waals surface area (Å²) >= 11 is 3.03. The third-order valence-electron chi connectivity index (χ3n) is 3.84. The summed E-state index contributed by atoms with van der Waals surface area (Å²) in [5.41, 5.74) is 4.28. The Morgan fingerprint density at radius 3 is 2.74 bits per heavy atom. The number of nitrogens with zero attached hydrogens (tertiary/aromatic N) is 4. The van der Waals surface area contributed by atoms with Gasteiger partial charge in [0.15, 0.2) is 4.34 Å². The molecular formula is C19H17N5OS2. The van der Waals surface area contributed by atoms with Crippen LogP contribution in [0.5, 0.6) is 0 Å². The van der Waals surface area contributed by atoms with Crippen LogP contribution in [0.3, 0.4) is 0 Å². The van der Waals surface area contributed by atoms with Gasteiger partial charge in [0, 0.05) is 11.3 Å². The molecule has 0 saturated heterocycles. The second kappa shape index (κ2) is 7.89. The molecule has 27 heavy (non-hydrogen) atoms. The Hall–Kier alpha value is -2.71. The molecule has 2 aromatic heterocycles. The number of thioether (sulfide) groups is 1. The lowest BCUT2D eigenvalue weighted by molar-refractivity contribution is 0.528. The van der Waals surface area contributed by atoms with Gasteiger partial charge < -0.3 is 9.73 Å². The predicted molar refractivity (Wildman–Crippen MR) is 108 cm³/mol. The van der Waals surface area contributed by atoms with Crippen molar-refractivity contribution < 1.29 is 4.42 Å². The molecule has 4 aromatic rings. The molecule has 0 amide bonds. The molecule has 0 spiro atoms. The van der Waals surface area contributed by atoms with Crippen LogP contribution in [0.1, 0.15) is 17.0 Å². The Labute approximate surface area is 165 Å². The van der Waals surface area contributed by atoms with E-state index in [0.29, 0.717) is 17.5 Å². The number of aromatic nitrogens is 4. The Balaban J connectivity index is 1.38. The highest BCUT2D eigenvalue weighted by atomic mass is 32.2. The van der Waals surface area contributed by atoms with E-state index in [4.69, 9.17) is 4.42 Å². The summed E-state index contributed by atoms with van der Waals surface area (Å²) in [6.07, 6.45) is 0. The van der Waals surface area contributed by atoms with E-state index in [9.17, 15) is 0 Å². The highest BCUT2D eigenvalue weighted by Crippen LogP contribution is 2.31. The molecule has 0 unspecified atom stereocenters. The van der Waals surface area contributed by atoms with Gasteiger partial charge in [-0.15, -0.1) is 20.4 Å². The lowest BCUT2D eigenvalue weighted by Crippen LogP contribution is -1.91. The van der Waals surface area contributed by atoms with Crippen molar-refractivity contribution in [1.82, 2.24) is 20.4 Å². The van der Waals surface area contributed by atoms with E-state index in [1.807, 2.05) is 49.4 Å². The molecule has 1 N–H and O–H groups in total. The van der Waals surface area contributed by atoms with Crippen molar-refractivity contribution in [2.24, 2.45) is 0 Å². The zero-order valence-corrected chi connectivity index (χ0v) is 16.5. The van der Waals surface area contributed by atoms with Crippen LogP contribution in [0.4, 0.5) is 10.8 Å². The molecule has 136 valence electrons. The smallest absolute Gasteiger partial charge is 0.247 e. The fraction of sp³-hybridized carbons (Fsp3) is 0.158. The number of aryl methyl sites for hydroxylation is 2. The zero-order chi connectivity index (χ0) is 18.6. The molecular weight excluding hydrogens is 378 g/mol. The van der Waals surface area contributed by atoms with Crippen molar-refractivity contribution in [2.45, 2.75) is 23.9 Å². The van der Waals surface area contributed by atoms with Crippen LogP contribution in [-0.4, -0.2) is 20.4 Å². The second-order valence-corrected chi connectivity index (χ2v) is 8.17. The van der Waals surface area contributed by atoms with Crippen molar-refractivity contribution in [2.75, 3.05) is 5.32 Å². The molecule has 0 radical (unpaired) electrons. The van der Waals surface area contributed by atoms with Gasteiger partial charge in [-0.25, -0.2) is 0 Å². The molecule has 0 saturated carbocycles. The SMILES string of the molecule is Cc1cccc(-c2nnc(CSc3nnc(Nc4ccccc4C)s3)o2)c1. The maximum absolute atomic E-state index is 5.76. The fourth-order valence-corrected chi connectivity index (χ4v) is 4.08. The first-order valence-electron chi connectivity index (χ1n) is 8.36. The van der Waals surface area contributed by atoms with E-state index in [-0.39, 0.29) is 0 Å². The minimum Gasteiger partial charge on any atom is -0.420 e. The second-order valence-electron chi connectivity index (χ2n) is 5.97. The molecule has 0 aliphatic rings. The Morgan fingerprint density at radius 1 is 1.00 bits per heavy atom. The van der Waals surface area contributed by atoms with Crippen molar-refractivity contribution >= 4 is 33.9 Å². The number of anilines is 2. The van der Waals surface area contributed by atoms with Crippen LogP contribution in [0.25, 0.3) is 11.5 Å². The average molecular weight is 396 g/mol. The number of hydrogen-bond donors (Lipinski definition) is 1. The zero-order valence-electron chi connectivity index (χ0n) is 14.8. The summed E-state index contributed by atoms with van der Waals surface area (Å²) in [5, 5.41) is 20.7. The van der Waals surface area contributed by atoms with Crippen LogP contribution in [-0.2, 0) is 5.75 Å². The molecule has 0 fully saturated rings. The maximum atomic E-state index is 5.76. The Morgan fingerprint density at radius 2 is 1.89 bits per heavy atom. The van der Waals surface area contributed by atoms with Crippen LogP contribution in [0.15, 0.2) is 57.3 Å². The first kappa shape index (κ1) is 17.7. The molecule has 6 nitrogen and oxygen atoms in total. The quantitative estimate of drug-likeness (QED) is 0.447. The topological polar surface area (TPSA) is 76.7 Å². The summed E-state index contributed by atoms with van der Waals surface area (Å²) in [4.78, 5) is 0. The van der Waals surface area contributed by atoms with Gasteiger partial charge in [-0.1, -0.05) is 59.0 Å². The predicted octanol–water partition coefficient (Wildman–Crippen LogP) is 5.24. The van der Waals surface area contributed by atoms with Crippen molar-refractivity contribution in [3.05, 3.63) is 65.5 Å². The number of nitrogens with one attached hydrogen (secondary N) is 1. The van der Waals surface area contributed by atoms with E-state index in [1.165, 1.54) is 23.1 Å². The summed E-state index contributed by atoms with van der Waals surface area (Å²) in [7, 11) is 0.